The van der Waals surface area contributed by atoms with Crippen LogP contribution in [0.4, 0.5) is 0 Å². The Morgan fingerprint density at radius 2 is 1.63 bits per heavy atom. The highest BCUT2D eigenvalue weighted by atomic mass is 32.1. The minimum Gasteiger partial charge on any atom is -0.370 e. The van der Waals surface area contributed by atoms with E-state index < -0.39 is 0 Å². The van der Waals surface area contributed by atoms with Gasteiger partial charge in [-0.1, -0.05) is 30.3 Å². The molecule has 4 heterocycles. The molecule has 0 radical (unpaired) electrons. The number of aryl methyl sites for hydroxylation is 3. The lowest BCUT2D eigenvalue weighted by molar-refractivity contribution is -0.119. The summed E-state index contributed by atoms with van der Waals surface area (Å²) in [5.74, 6) is 1.01. The molecule has 5 rings (SSSR count). The molecule has 3 atom stereocenters. The number of hydrogen-bond acceptors (Lipinski definition) is 7. The molecule has 0 spiro atoms. The zero-order valence-corrected chi connectivity index (χ0v) is 21.1. The maximum absolute atomic E-state index is 13.5. The summed E-state index contributed by atoms with van der Waals surface area (Å²) in [4.78, 5) is 43.3. The van der Waals surface area contributed by atoms with Crippen LogP contribution in [-0.2, 0) is 4.79 Å². The van der Waals surface area contributed by atoms with Crippen molar-refractivity contribution in [3.63, 3.8) is 0 Å². The van der Waals surface area contributed by atoms with E-state index in [1.165, 1.54) is 0 Å². The number of nitrogens with two attached hydrogens (primary N) is 1. The Balaban J connectivity index is 1.29. The first-order valence-corrected chi connectivity index (χ1v) is 12.8. The second-order valence-corrected chi connectivity index (χ2v) is 10.7. The highest BCUT2D eigenvalue weighted by Gasteiger charge is 2.44. The van der Waals surface area contributed by atoms with Crippen LogP contribution in [0.5, 0.6) is 0 Å². The predicted molar refractivity (Wildman–Crippen MR) is 135 cm³/mol. The summed E-state index contributed by atoms with van der Waals surface area (Å²) in [5, 5.41) is 2.90. The summed E-state index contributed by atoms with van der Waals surface area (Å²) >= 11 is 1.56. The molecule has 2 aliphatic rings. The van der Waals surface area contributed by atoms with Crippen molar-refractivity contribution in [2.75, 3.05) is 26.2 Å². The molecule has 2 aromatic heterocycles. The number of amides is 2. The number of likely N-dealkylation sites (tertiary alicyclic amines) is 2. The van der Waals surface area contributed by atoms with Crippen molar-refractivity contribution < 1.29 is 9.59 Å². The van der Waals surface area contributed by atoms with E-state index >= 15 is 0 Å². The fourth-order valence-corrected chi connectivity index (χ4v) is 6.13. The van der Waals surface area contributed by atoms with Gasteiger partial charge in [-0.3, -0.25) is 14.5 Å². The number of carbonyl (C=O) groups excluding carboxylic acids is 2. The molecular weight excluding hydrogens is 460 g/mol. The molecule has 1 aromatic carbocycles. The zero-order valence-electron chi connectivity index (χ0n) is 20.3. The molecule has 0 aliphatic carbocycles. The van der Waals surface area contributed by atoms with E-state index in [1.807, 2.05) is 49.3 Å². The molecule has 2 aliphatic heterocycles. The molecular formula is C26H30N6O2S. The Morgan fingerprint density at radius 3 is 2.17 bits per heavy atom. The smallest absolute Gasteiger partial charge is 0.257 e. The summed E-state index contributed by atoms with van der Waals surface area (Å²) in [6.45, 7) is 8.78. The van der Waals surface area contributed by atoms with Crippen molar-refractivity contribution in [3.05, 3.63) is 63.2 Å². The van der Waals surface area contributed by atoms with Gasteiger partial charge in [0.25, 0.3) is 5.91 Å². The van der Waals surface area contributed by atoms with Crippen molar-refractivity contribution in [1.29, 1.82) is 0 Å². The van der Waals surface area contributed by atoms with Gasteiger partial charge in [0.05, 0.1) is 22.0 Å². The third-order valence-electron chi connectivity index (χ3n) is 7.15. The monoisotopic (exact) mass is 490 g/mol. The van der Waals surface area contributed by atoms with Gasteiger partial charge in [0.15, 0.2) is 5.82 Å². The molecule has 0 saturated carbocycles. The number of fused-ring (bicyclic) bond motifs is 1. The molecule has 2 amide bonds. The first-order chi connectivity index (χ1) is 16.8. The number of benzene rings is 1. The van der Waals surface area contributed by atoms with E-state index in [4.69, 9.17) is 5.73 Å². The molecule has 2 N–H and O–H groups in total. The summed E-state index contributed by atoms with van der Waals surface area (Å²) in [5.41, 5.74) is 9.41. The molecule has 9 heteroatoms. The topological polar surface area (TPSA) is 105 Å². The average molecular weight is 491 g/mol. The van der Waals surface area contributed by atoms with Gasteiger partial charge in [-0.05, 0) is 38.2 Å². The molecule has 3 aromatic rings. The number of thiazole rings is 1. The van der Waals surface area contributed by atoms with Gasteiger partial charge in [-0.15, -0.1) is 11.3 Å². The van der Waals surface area contributed by atoms with Crippen LogP contribution in [0.15, 0.2) is 35.7 Å². The molecule has 35 heavy (non-hydrogen) atoms. The Morgan fingerprint density at radius 1 is 1.00 bits per heavy atom. The van der Waals surface area contributed by atoms with E-state index in [-0.39, 0.29) is 17.9 Å². The fourth-order valence-electron chi connectivity index (χ4n) is 5.54. The largest absolute Gasteiger partial charge is 0.370 e. The Kier molecular flexibility index (Phi) is 6.37. The standard InChI is InChI=1S/C26H30N6O2S/c1-15-24(16(2)29-25(28-15)21-14-35-17(3)30-21)26(34)32-12-19-10-31(11-20(19)13-32)22(9-23(27)33)18-7-5-4-6-8-18/h4-8,14,19-20,22H,9-13H2,1-3H3,(H2,27,33)/t19-,20?,22?/m0/s1. The van der Waals surface area contributed by atoms with Crippen molar-refractivity contribution in [2.45, 2.75) is 33.2 Å². The number of nitrogens with zero attached hydrogens (tertiary/aromatic N) is 5. The van der Waals surface area contributed by atoms with Crippen molar-refractivity contribution in [2.24, 2.45) is 17.6 Å². The van der Waals surface area contributed by atoms with E-state index in [0.717, 1.165) is 29.4 Å². The van der Waals surface area contributed by atoms with Gasteiger partial charge in [-0.2, -0.15) is 0 Å². The molecule has 2 saturated heterocycles. The molecule has 2 fully saturated rings. The first-order valence-electron chi connectivity index (χ1n) is 11.9. The lowest BCUT2D eigenvalue weighted by Crippen LogP contribution is -2.36. The third kappa shape index (κ3) is 4.70. The van der Waals surface area contributed by atoms with Crippen LogP contribution >= 0.6 is 11.3 Å². The lowest BCUT2D eigenvalue weighted by Gasteiger charge is -2.29. The maximum atomic E-state index is 13.5. The van der Waals surface area contributed by atoms with Crippen LogP contribution in [0, 0.1) is 32.6 Å². The maximum Gasteiger partial charge on any atom is 0.257 e. The van der Waals surface area contributed by atoms with Crippen LogP contribution in [0.2, 0.25) is 0 Å². The van der Waals surface area contributed by atoms with Crippen molar-refractivity contribution >= 4 is 23.2 Å². The lowest BCUT2D eigenvalue weighted by atomic mass is 10.0. The first kappa shape index (κ1) is 23.6. The molecule has 182 valence electrons. The van der Waals surface area contributed by atoms with E-state index in [2.05, 4.69) is 32.0 Å². The fraction of sp³-hybridized carbons (Fsp3) is 0.423. The van der Waals surface area contributed by atoms with Gasteiger partial charge in [0, 0.05) is 44.0 Å². The van der Waals surface area contributed by atoms with Crippen LogP contribution < -0.4 is 5.73 Å². The highest BCUT2D eigenvalue weighted by Crippen LogP contribution is 2.38. The zero-order chi connectivity index (χ0) is 24.7. The molecule has 2 unspecified atom stereocenters. The molecule has 8 nitrogen and oxygen atoms in total. The number of rotatable bonds is 6. The Labute approximate surface area is 209 Å². The summed E-state index contributed by atoms with van der Waals surface area (Å²) in [7, 11) is 0. The average Bonchev–Trinajstić information content (AvgIpc) is 3.52. The second-order valence-electron chi connectivity index (χ2n) is 9.63. The predicted octanol–water partition coefficient (Wildman–Crippen LogP) is 3.15. The second kappa shape index (κ2) is 9.47. The summed E-state index contributed by atoms with van der Waals surface area (Å²) < 4.78 is 0. The number of primary amides is 1. The van der Waals surface area contributed by atoms with E-state index in [9.17, 15) is 9.59 Å². The normalized spacial score (nSPS) is 20.7. The highest BCUT2D eigenvalue weighted by molar-refractivity contribution is 7.09. The van der Waals surface area contributed by atoms with E-state index in [0.29, 0.717) is 54.1 Å². The quantitative estimate of drug-likeness (QED) is 0.569. The van der Waals surface area contributed by atoms with Gasteiger partial charge < -0.3 is 10.6 Å². The van der Waals surface area contributed by atoms with Gasteiger partial charge >= 0.3 is 0 Å². The minimum atomic E-state index is -0.296. The van der Waals surface area contributed by atoms with Crippen molar-refractivity contribution in [3.8, 4) is 11.5 Å². The van der Waals surface area contributed by atoms with Crippen LogP contribution in [0.25, 0.3) is 11.5 Å². The SMILES string of the molecule is Cc1nc(-c2nc(C)c(C(=O)N3CC4CN(C(CC(N)=O)c5ccccc5)C[C@H]4C3)c(C)n2)cs1. The molecule has 0 bridgehead atoms. The van der Waals surface area contributed by atoms with Crippen LogP contribution in [0.1, 0.15) is 44.8 Å². The Hall–Kier alpha value is -3.17. The van der Waals surface area contributed by atoms with Crippen molar-refractivity contribution in [1.82, 2.24) is 24.8 Å². The van der Waals surface area contributed by atoms with Crippen LogP contribution in [0.3, 0.4) is 0 Å². The minimum absolute atomic E-state index is 0.00120. The van der Waals surface area contributed by atoms with Gasteiger partial charge in [-0.25, -0.2) is 15.0 Å². The number of aromatic nitrogens is 3. The van der Waals surface area contributed by atoms with Gasteiger partial charge in [0.2, 0.25) is 5.91 Å². The van der Waals surface area contributed by atoms with Gasteiger partial charge in [0.1, 0.15) is 5.69 Å². The summed E-state index contributed by atoms with van der Waals surface area (Å²) in [6.07, 6.45) is 0.298. The van der Waals surface area contributed by atoms with Crippen LogP contribution in [-0.4, -0.2) is 62.7 Å². The Bertz CT molecular complexity index is 1220. The van der Waals surface area contributed by atoms with E-state index in [1.54, 1.807) is 11.3 Å². The summed E-state index contributed by atoms with van der Waals surface area (Å²) in [6, 6.07) is 10.1. The number of hydrogen-bond donors (Lipinski definition) is 1. The third-order valence-corrected chi connectivity index (χ3v) is 7.93. The number of carbonyl (C=O) groups is 2.